The van der Waals surface area contributed by atoms with E-state index in [4.69, 9.17) is 4.74 Å². The van der Waals surface area contributed by atoms with Crippen molar-refractivity contribution in [1.82, 2.24) is 10.2 Å². The number of carbonyl (C=O) groups excluding carboxylic acids is 3. The van der Waals surface area contributed by atoms with Crippen molar-refractivity contribution in [2.75, 3.05) is 13.7 Å². The molecule has 0 spiro atoms. The number of nitrogens with one attached hydrogen (secondary N) is 1. The molecule has 0 unspecified atom stereocenters. The first-order chi connectivity index (χ1) is 17.8. The summed E-state index contributed by atoms with van der Waals surface area (Å²) in [6.07, 6.45) is 0.873. The number of nitrogens with zero attached hydrogens (tertiary/aromatic N) is 1. The average molecular weight is 503 g/mol. The molecular weight excluding hydrogens is 464 g/mol. The molecule has 0 saturated heterocycles. The van der Waals surface area contributed by atoms with E-state index in [1.807, 2.05) is 80.6 Å². The third kappa shape index (κ3) is 8.45. The summed E-state index contributed by atoms with van der Waals surface area (Å²) in [5.74, 6) is -1.23. The van der Waals surface area contributed by atoms with Crippen LogP contribution >= 0.6 is 0 Å². The lowest BCUT2D eigenvalue weighted by atomic mass is 9.92. The van der Waals surface area contributed by atoms with Crippen LogP contribution in [0.1, 0.15) is 44.7 Å². The summed E-state index contributed by atoms with van der Waals surface area (Å²) in [6, 6.07) is 23.1. The Morgan fingerprint density at radius 2 is 1.57 bits per heavy atom. The minimum absolute atomic E-state index is 0.00536. The fourth-order valence-electron chi connectivity index (χ4n) is 4.57. The van der Waals surface area contributed by atoms with Gasteiger partial charge in [0.05, 0.1) is 13.0 Å². The van der Waals surface area contributed by atoms with Gasteiger partial charge in [0.1, 0.15) is 6.04 Å². The number of fused-ring (bicyclic) bond motifs is 1. The van der Waals surface area contributed by atoms with Gasteiger partial charge in [-0.15, -0.1) is 0 Å². The molecule has 2 atom stereocenters. The number of amides is 2. The number of likely N-dealkylation sites (N-methyl/N-ethyl adjacent to an activating group) is 1. The maximum absolute atomic E-state index is 13.6. The Morgan fingerprint density at radius 1 is 0.892 bits per heavy atom. The first-order valence-electron chi connectivity index (χ1n) is 13.0. The van der Waals surface area contributed by atoms with Crippen LogP contribution in [0.15, 0.2) is 72.8 Å². The van der Waals surface area contributed by atoms with Crippen LogP contribution in [0.5, 0.6) is 0 Å². The molecule has 0 aromatic heterocycles. The van der Waals surface area contributed by atoms with Crippen LogP contribution in [0.3, 0.4) is 0 Å². The van der Waals surface area contributed by atoms with Gasteiger partial charge in [-0.1, -0.05) is 86.6 Å². The quantitative estimate of drug-likeness (QED) is 0.348. The second kappa shape index (κ2) is 13.6. The molecule has 196 valence electrons. The number of esters is 1. The van der Waals surface area contributed by atoms with Crippen molar-refractivity contribution < 1.29 is 19.1 Å². The molecule has 0 saturated carbocycles. The smallest absolute Gasteiger partial charge is 0.306 e. The predicted octanol–water partition coefficient (Wildman–Crippen LogP) is 5.14. The second-order valence-corrected chi connectivity index (χ2v) is 9.96. The summed E-state index contributed by atoms with van der Waals surface area (Å²) in [6.45, 7) is 6.47. The average Bonchev–Trinajstić information content (AvgIpc) is 2.87. The van der Waals surface area contributed by atoms with Crippen molar-refractivity contribution in [2.45, 2.75) is 52.6 Å². The van der Waals surface area contributed by atoms with Crippen LogP contribution in [0, 0.1) is 11.8 Å². The number of rotatable bonds is 12. The standard InChI is InChI=1S/C31H38N2O4/c1-5-37-29(34)20-27(17-22(2)3)30(35)32-28(31(36)33(4)21-23-11-7-6-8-12-23)19-24-15-16-25-13-9-10-14-26(25)18-24/h6-16,18,22,27-28H,5,17,19-21H2,1-4H3,(H,32,35)/t27-,28+/m1/s1. The molecule has 1 N–H and O–H groups in total. The van der Waals surface area contributed by atoms with E-state index in [1.54, 1.807) is 18.9 Å². The number of benzene rings is 3. The topological polar surface area (TPSA) is 75.7 Å². The number of ether oxygens (including phenoxy) is 1. The molecule has 0 heterocycles. The van der Waals surface area contributed by atoms with E-state index in [0.29, 0.717) is 19.4 Å². The SMILES string of the molecule is CCOC(=O)C[C@@H](CC(C)C)C(=O)N[C@@H](Cc1ccc2ccccc2c1)C(=O)N(C)Cc1ccccc1. The van der Waals surface area contributed by atoms with E-state index in [1.165, 1.54) is 0 Å². The molecule has 3 aromatic carbocycles. The van der Waals surface area contributed by atoms with E-state index in [0.717, 1.165) is 21.9 Å². The van der Waals surface area contributed by atoms with Crippen LogP contribution in [0.4, 0.5) is 0 Å². The van der Waals surface area contributed by atoms with Crippen molar-refractivity contribution in [2.24, 2.45) is 11.8 Å². The van der Waals surface area contributed by atoms with Crippen LogP contribution in [-0.4, -0.2) is 42.4 Å². The molecule has 0 aliphatic rings. The first kappa shape index (κ1) is 27.9. The van der Waals surface area contributed by atoms with Crippen molar-refractivity contribution in [3.63, 3.8) is 0 Å². The molecule has 0 aliphatic carbocycles. The zero-order valence-corrected chi connectivity index (χ0v) is 22.3. The maximum atomic E-state index is 13.6. The Hall–Kier alpha value is -3.67. The largest absolute Gasteiger partial charge is 0.466 e. The Bertz CT molecular complexity index is 1190. The highest BCUT2D eigenvalue weighted by molar-refractivity contribution is 5.90. The lowest BCUT2D eigenvalue weighted by Crippen LogP contribution is -2.50. The number of hydrogen-bond donors (Lipinski definition) is 1. The van der Waals surface area contributed by atoms with E-state index in [9.17, 15) is 14.4 Å². The molecule has 0 bridgehead atoms. The molecule has 0 fully saturated rings. The molecule has 0 aliphatic heterocycles. The highest BCUT2D eigenvalue weighted by Gasteiger charge is 2.30. The van der Waals surface area contributed by atoms with Crippen LogP contribution < -0.4 is 5.32 Å². The summed E-state index contributed by atoms with van der Waals surface area (Å²) in [7, 11) is 1.75. The minimum atomic E-state index is -0.765. The molecule has 3 rings (SSSR count). The third-order valence-electron chi connectivity index (χ3n) is 6.35. The second-order valence-electron chi connectivity index (χ2n) is 9.96. The monoisotopic (exact) mass is 502 g/mol. The highest BCUT2D eigenvalue weighted by atomic mass is 16.5. The zero-order valence-electron chi connectivity index (χ0n) is 22.3. The molecule has 6 heteroatoms. The van der Waals surface area contributed by atoms with Gasteiger partial charge < -0.3 is 15.0 Å². The molecule has 37 heavy (non-hydrogen) atoms. The lowest BCUT2D eigenvalue weighted by Gasteiger charge is -2.27. The molecular formula is C31H38N2O4. The van der Waals surface area contributed by atoms with E-state index in [-0.39, 0.29) is 30.8 Å². The van der Waals surface area contributed by atoms with Gasteiger partial charge in [-0.2, -0.15) is 0 Å². The van der Waals surface area contributed by atoms with E-state index < -0.39 is 17.9 Å². The summed E-state index contributed by atoms with van der Waals surface area (Å²) in [5.41, 5.74) is 1.96. The lowest BCUT2D eigenvalue weighted by molar-refractivity contribution is -0.147. The van der Waals surface area contributed by atoms with Gasteiger partial charge in [0, 0.05) is 25.9 Å². The summed E-state index contributed by atoms with van der Waals surface area (Å²) < 4.78 is 5.10. The Labute approximate surface area is 220 Å². The molecule has 0 radical (unpaired) electrons. The molecule has 2 amide bonds. The Morgan fingerprint density at radius 3 is 2.24 bits per heavy atom. The van der Waals surface area contributed by atoms with Gasteiger partial charge in [-0.3, -0.25) is 14.4 Å². The predicted molar refractivity (Wildman–Crippen MR) is 147 cm³/mol. The fraction of sp³-hybridized carbons (Fsp3) is 0.387. The Balaban J connectivity index is 1.84. The van der Waals surface area contributed by atoms with Crippen molar-refractivity contribution >= 4 is 28.6 Å². The summed E-state index contributed by atoms with van der Waals surface area (Å²) in [4.78, 5) is 40.9. The van der Waals surface area contributed by atoms with Gasteiger partial charge in [0.2, 0.25) is 11.8 Å². The number of carbonyl (C=O) groups is 3. The normalized spacial score (nSPS) is 12.7. The molecule has 6 nitrogen and oxygen atoms in total. The van der Waals surface area contributed by atoms with Gasteiger partial charge in [-0.05, 0) is 41.2 Å². The van der Waals surface area contributed by atoms with Crippen molar-refractivity contribution in [3.8, 4) is 0 Å². The fourth-order valence-corrected chi connectivity index (χ4v) is 4.57. The van der Waals surface area contributed by atoms with Crippen LogP contribution in [0.2, 0.25) is 0 Å². The van der Waals surface area contributed by atoms with Crippen molar-refractivity contribution in [1.29, 1.82) is 0 Å². The summed E-state index contributed by atoms with van der Waals surface area (Å²) in [5, 5.41) is 5.19. The van der Waals surface area contributed by atoms with E-state index in [2.05, 4.69) is 11.4 Å². The highest BCUT2D eigenvalue weighted by Crippen LogP contribution is 2.20. The van der Waals surface area contributed by atoms with Gasteiger partial charge in [0.25, 0.3) is 0 Å². The minimum Gasteiger partial charge on any atom is -0.466 e. The maximum Gasteiger partial charge on any atom is 0.306 e. The van der Waals surface area contributed by atoms with Gasteiger partial charge >= 0.3 is 5.97 Å². The zero-order chi connectivity index (χ0) is 26.8. The van der Waals surface area contributed by atoms with Crippen molar-refractivity contribution in [3.05, 3.63) is 83.9 Å². The van der Waals surface area contributed by atoms with Gasteiger partial charge in [0.15, 0.2) is 0 Å². The van der Waals surface area contributed by atoms with Crippen LogP contribution in [0.25, 0.3) is 10.8 Å². The van der Waals surface area contributed by atoms with Gasteiger partial charge in [-0.25, -0.2) is 0 Å². The first-order valence-corrected chi connectivity index (χ1v) is 13.0. The van der Waals surface area contributed by atoms with E-state index >= 15 is 0 Å². The molecule has 3 aromatic rings. The third-order valence-corrected chi connectivity index (χ3v) is 6.35. The van der Waals surface area contributed by atoms with Crippen LogP contribution in [-0.2, 0) is 32.1 Å². The number of hydrogen-bond acceptors (Lipinski definition) is 4. The summed E-state index contributed by atoms with van der Waals surface area (Å²) >= 11 is 0. The Kier molecular flexibility index (Phi) is 10.2.